The lowest BCUT2D eigenvalue weighted by atomic mass is 10.2. The molecular formula is C11H22N2O4S. The first kappa shape index (κ1) is 17.1. The summed E-state index contributed by atoms with van der Waals surface area (Å²) in [6, 6.07) is -1.53. The highest BCUT2D eigenvalue weighted by molar-refractivity contribution is 7.98. The van der Waals surface area contributed by atoms with E-state index in [2.05, 4.69) is 16.9 Å². The van der Waals surface area contributed by atoms with E-state index in [1.165, 1.54) is 0 Å². The van der Waals surface area contributed by atoms with Gasteiger partial charge in [0.15, 0.2) is 0 Å². The Labute approximate surface area is 112 Å². The SMILES string of the molecule is CSCCCCCNC(=O)N[C@@H](CCO)C(=O)O. The van der Waals surface area contributed by atoms with Gasteiger partial charge in [0.1, 0.15) is 6.04 Å². The van der Waals surface area contributed by atoms with Crippen LogP contribution in [0.5, 0.6) is 0 Å². The van der Waals surface area contributed by atoms with Gasteiger partial charge in [-0.1, -0.05) is 6.42 Å². The molecule has 4 N–H and O–H groups in total. The average molecular weight is 278 g/mol. The van der Waals surface area contributed by atoms with E-state index in [0.29, 0.717) is 6.54 Å². The normalized spacial score (nSPS) is 11.9. The molecule has 18 heavy (non-hydrogen) atoms. The second-order valence-corrected chi connectivity index (χ2v) is 4.84. The quantitative estimate of drug-likeness (QED) is 0.440. The number of aliphatic hydroxyl groups excluding tert-OH is 1. The largest absolute Gasteiger partial charge is 0.480 e. The van der Waals surface area contributed by atoms with Crippen LogP contribution in [0.4, 0.5) is 4.79 Å². The summed E-state index contributed by atoms with van der Waals surface area (Å²) in [5.74, 6) is -0.0248. The maximum Gasteiger partial charge on any atom is 0.326 e. The number of thioether (sulfide) groups is 1. The Hall–Kier alpha value is -0.950. The molecule has 0 saturated carbocycles. The van der Waals surface area contributed by atoms with E-state index in [1.807, 2.05) is 0 Å². The molecule has 0 saturated heterocycles. The number of rotatable bonds is 10. The minimum Gasteiger partial charge on any atom is -0.480 e. The molecule has 0 unspecified atom stereocenters. The van der Waals surface area contributed by atoms with Crippen molar-refractivity contribution in [3.8, 4) is 0 Å². The number of aliphatic carboxylic acids is 1. The van der Waals surface area contributed by atoms with Crippen molar-refractivity contribution in [2.75, 3.05) is 25.2 Å². The summed E-state index contributed by atoms with van der Waals surface area (Å²) in [7, 11) is 0. The molecule has 1 atom stereocenters. The Morgan fingerprint density at radius 3 is 2.56 bits per heavy atom. The Morgan fingerprint density at radius 2 is 2.00 bits per heavy atom. The molecule has 7 heteroatoms. The Bertz CT molecular complexity index is 251. The summed E-state index contributed by atoms with van der Waals surface area (Å²) in [4.78, 5) is 22.1. The van der Waals surface area contributed by atoms with Crippen molar-refractivity contribution in [1.82, 2.24) is 10.6 Å². The van der Waals surface area contributed by atoms with Gasteiger partial charge >= 0.3 is 12.0 Å². The Balaban J connectivity index is 3.65. The first-order valence-corrected chi connectivity index (χ1v) is 7.38. The van der Waals surface area contributed by atoms with Gasteiger partial charge in [-0.05, 0) is 24.9 Å². The predicted octanol–water partition coefficient (Wildman–Crippen LogP) is 0.654. The molecule has 0 aromatic carbocycles. The third kappa shape index (κ3) is 9.12. The maximum absolute atomic E-state index is 11.4. The molecule has 6 nitrogen and oxygen atoms in total. The third-order valence-electron chi connectivity index (χ3n) is 2.33. The highest BCUT2D eigenvalue weighted by Crippen LogP contribution is 2.01. The predicted molar refractivity (Wildman–Crippen MR) is 71.9 cm³/mol. The minimum atomic E-state index is -1.14. The van der Waals surface area contributed by atoms with Crippen LogP contribution in [0.2, 0.25) is 0 Å². The number of nitrogens with one attached hydrogen (secondary N) is 2. The molecule has 106 valence electrons. The second-order valence-electron chi connectivity index (χ2n) is 3.86. The number of carbonyl (C=O) groups is 2. The number of carboxylic acids is 1. The van der Waals surface area contributed by atoms with Crippen LogP contribution in [0.15, 0.2) is 0 Å². The minimum absolute atomic E-state index is 0.0104. The zero-order valence-electron chi connectivity index (χ0n) is 10.6. The summed E-state index contributed by atoms with van der Waals surface area (Å²) in [6.07, 6.45) is 5.11. The summed E-state index contributed by atoms with van der Waals surface area (Å²) < 4.78 is 0. The van der Waals surface area contributed by atoms with Crippen LogP contribution in [0.1, 0.15) is 25.7 Å². The van der Waals surface area contributed by atoms with E-state index >= 15 is 0 Å². The van der Waals surface area contributed by atoms with Crippen LogP contribution < -0.4 is 10.6 Å². The molecule has 2 amide bonds. The number of carboxylic acid groups (broad SMARTS) is 1. The van der Waals surface area contributed by atoms with Crippen LogP contribution in [0.3, 0.4) is 0 Å². The lowest BCUT2D eigenvalue weighted by Gasteiger charge is -2.13. The van der Waals surface area contributed by atoms with Crippen LogP contribution >= 0.6 is 11.8 Å². The van der Waals surface area contributed by atoms with Gasteiger partial charge < -0.3 is 20.8 Å². The fraction of sp³-hybridized carbons (Fsp3) is 0.818. The van der Waals surface area contributed by atoms with Gasteiger partial charge in [0.05, 0.1) is 0 Å². The first-order chi connectivity index (χ1) is 8.61. The topological polar surface area (TPSA) is 98.7 Å². The van der Waals surface area contributed by atoms with E-state index in [-0.39, 0.29) is 13.0 Å². The summed E-state index contributed by atoms with van der Waals surface area (Å²) in [6.45, 7) is 0.262. The molecule has 0 aromatic rings. The number of hydrogen-bond donors (Lipinski definition) is 4. The molecule has 0 rings (SSSR count). The van der Waals surface area contributed by atoms with Crippen molar-refractivity contribution in [2.24, 2.45) is 0 Å². The monoisotopic (exact) mass is 278 g/mol. The molecule has 0 aromatic heterocycles. The zero-order valence-corrected chi connectivity index (χ0v) is 11.5. The molecule has 0 fully saturated rings. The van der Waals surface area contributed by atoms with Crippen molar-refractivity contribution in [3.63, 3.8) is 0 Å². The lowest BCUT2D eigenvalue weighted by Crippen LogP contribution is -2.46. The van der Waals surface area contributed by atoms with Crippen LogP contribution in [-0.4, -0.2) is 53.4 Å². The number of hydrogen-bond acceptors (Lipinski definition) is 4. The van der Waals surface area contributed by atoms with E-state index in [4.69, 9.17) is 10.2 Å². The fourth-order valence-electron chi connectivity index (χ4n) is 1.35. The molecule has 0 spiro atoms. The van der Waals surface area contributed by atoms with Crippen molar-refractivity contribution in [3.05, 3.63) is 0 Å². The van der Waals surface area contributed by atoms with Gasteiger partial charge in [0.25, 0.3) is 0 Å². The zero-order chi connectivity index (χ0) is 13.8. The number of aliphatic hydroxyl groups is 1. The van der Waals surface area contributed by atoms with E-state index in [1.54, 1.807) is 11.8 Å². The number of carbonyl (C=O) groups excluding carboxylic acids is 1. The van der Waals surface area contributed by atoms with Crippen molar-refractivity contribution >= 4 is 23.8 Å². The smallest absolute Gasteiger partial charge is 0.326 e. The van der Waals surface area contributed by atoms with E-state index < -0.39 is 18.0 Å². The van der Waals surface area contributed by atoms with Gasteiger partial charge in [-0.25, -0.2) is 9.59 Å². The molecule has 0 heterocycles. The van der Waals surface area contributed by atoms with Crippen LogP contribution in [-0.2, 0) is 4.79 Å². The summed E-state index contributed by atoms with van der Waals surface area (Å²) in [5.41, 5.74) is 0. The van der Waals surface area contributed by atoms with E-state index in [9.17, 15) is 9.59 Å². The molecule has 0 bridgehead atoms. The van der Waals surface area contributed by atoms with Gasteiger partial charge in [0.2, 0.25) is 0 Å². The van der Waals surface area contributed by atoms with Gasteiger partial charge in [-0.3, -0.25) is 0 Å². The molecular weight excluding hydrogens is 256 g/mol. The van der Waals surface area contributed by atoms with Crippen LogP contribution in [0.25, 0.3) is 0 Å². The van der Waals surface area contributed by atoms with Crippen LogP contribution in [0, 0.1) is 0 Å². The average Bonchev–Trinajstić information content (AvgIpc) is 2.33. The first-order valence-electron chi connectivity index (χ1n) is 5.98. The molecule has 0 aliphatic rings. The van der Waals surface area contributed by atoms with Crippen molar-refractivity contribution < 1.29 is 19.8 Å². The van der Waals surface area contributed by atoms with E-state index in [0.717, 1.165) is 25.0 Å². The maximum atomic E-state index is 11.4. The van der Waals surface area contributed by atoms with Crippen molar-refractivity contribution in [2.45, 2.75) is 31.7 Å². The highest BCUT2D eigenvalue weighted by Gasteiger charge is 2.18. The standard InChI is InChI=1S/C11H22N2O4S/c1-18-8-4-2-3-6-12-11(17)13-9(5-7-14)10(15)16/h9,14H,2-8H2,1H3,(H,15,16)(H2,12,13,17)/t9-/m0/s1. The van der Waals surface area contributed by atoms with Gasteiger partial charge in [-0.15, -0.1) is 0 Å². The molecule has 0 aliphatic heterocycles. The number of amides is 2. The van der Waals surface area contributed by atoms with Gasteiger partial charge in [0, 0.05) is 19.6 Å². The number of urea groups is 1. The molecule has 0 radical (unpaired) electrons. The van der Waals surface area contributed by atoms with Crippen molar-refractivity contribution in [1.29, 1.82) is 0 Å². The third-order valence-corrected chi connectivity index (χ3v) is 3.03. The second kappa shape index (κ2) is 11.2. The van der Waals surface area contributed by atoms with Gasteiger partial charge in [-0.2, -0.15) is 11.8 Å². The fourth-order valence-corrected chi connectivity index (χ4v) is 1.84. The molecule has 0 aliphatic carbocycles. The Kier molecular flexibility index (Phi) is 10.6. The summed E-state index contributed by atoms with van der Waals surface area (Å²) >= 11 is 1.79. The highest BCUT2D eigenvalue weighted by atomic mass is 32.2. The lowest BCUT2D eigenvalue weighted by molar-refractivity contribution is -0.139. The Morgan fingerprint density at radius 1 is 1.28 bits per heavy atom. The summed E-state index contributed by atoms with van der Waals surface area (Å²) in [5, 5.41) is 22.3. The number of unbranched alkanes of at least 4 members (excludes halogenated alkanes) is 2.